The van der Waals surface area contributed by atoms with Crippen LogP contribution in [0.4, 0.5) is 0 Å². The Bertz CT molecular complexity index is 1780. The van der Waals surface area contributed by atoms with Gasteiger partial charge in [0.1, 0.15) is 0 Å². The first kappa shape index (κ1) is 17.4. The standard InChI is InChI=1S/C26H13NO5/c28-23-16-10-18-19(26(31)32-25(18)30)11-17(16)24(29)27(23)20-9-14-5-1-3-12-7-8-13-4-2-6-15(20)22(13)21(12)14/h1-11,21-22H. The lowest BCUT2D eigenvalue weighted by molar-refractivity contribution is 0.500. The normalized spacial score (nSPS) is 22.9. The molecule has 32 heavy (non-hydrogen) atoms. The summed E-state index contributed by atoms with van der Waals surface area (Å²) in [5.74, 6) is 0.161. The zero-order valence-electron chi connectivity index (χ0n) is 16.5. The fourth-order valence-electron chi connectivity index (χ4n) is 5.44. The lowest BCUT2D eigenvalue weighted by Crippen LogP contribution is -2.33. The van der Waals surface area contributed by atoms with Crippen LogP contribution >= 0.6 is 0 Å². The van der Waals surface area contributed by atoms with Gasteiger partial charge in [0, 0.05) is 11.8 Å². The predicted molar refractivity (Wildman–Crippen MR) is 121 cm³/mol. The molecule has 2 unspecified atom stereocenters. The van der Waals surface area contributed by atoms with Crippen LogP contribution in [0.15, 0.2) is 113 Å². The Morgan fingerprint density at radius 3 is 1.91 bits per heavy atom. The van der Waals surface area contributed by atoms with Gasteiger partial charge in [0.05, 0.1) is 27.2 Å². The molecule has 7 rings (SSSR count). The summed E-state index contributed by atoms with van der Waals surface area (Å²) < 4.78 is 5.79. The van der Waals surface area contributed by atoms with Gasteiger partial charge in [0.2, 0.25) is 0 Å². The topological polar surface area (TPSA) is 86.3 Å². The van der Waals surface area contributed by atoms with Crippen LogP contribution in [0.5, 0.6) is 0 Å². The van der Waals surface area contributed by atoms with Gasteiger partial charge in [-0.25, -0.2) is 14.2 Å². The fraction of sp³-hybridized carbons (Fsp3) is 0.0769. The van der Waals surface area contributed by atoms with Crippen LogP contribution in [0, 0.1) is 11.8 Å². The van der Waals surface area contributed by atoms with E-state index in [1.54, 1.807) is 0 Å². The Hall–Kier alpha value is -4.32. The van der Waals surface area contributed by atoms with Crippen LogP contribution in [-0.4, -0.2) is 4.57 Å². The Labute approximate surface area is 179 Å². The van der Waals surface area contributed by atoms with Crippen LogP contribution in [0.25, 0.3) is 27.2 Å². The molecule has 0 fully saturated rings. The molecule has 2 heterocycles. The van der Waals surface area contributed by atoms with E-state index in [-0.39, 0.29) is 33.4 Å². The zero-order chi connectivity index (χ0) is 21.7. The molecular formula is C26H13NO5. The fourth-order valence-corrected chi connectivity index (χ4v) is 5.44. The molecule has 4 aliphatic rings. The molecule has 1 aromatic carbocycles. The van der Waals surface area contributed by atoms with E-state index in [9.17, 15) is 19.2 Å². The summed E-state index contributed by atoms with van der Waals surface area (Å²) in [5.41, 5.74) is 2.17. The molecule has 4 aliphatic carbocycles. The van der Waals surface area contributed by atoms with E-state index in [2.05, 4.69) is 28.7 Å². The van der Waals surface area contributed by atoms with Gasteiger partial charge in [-0.2, -0.15) is 0 Å². The summed E-state index contributed by atoms with van der Waals surface area (Å²) in [7, 11) is 0. The maximum atomic E-state index is 13.4. The molecule has 6 heteroatoms. The molecule has 0 spiro atoms. The van der Waals surface area contributed by atoms with Gasteiger partial charge in [-0.05, 0) is 40.5 Å². The summed E-state index contributed by atoms with van der Waals surface area (Å²) in [4.78, 5) is 50.7. The van der Waals surface area contributed by atoms with Crippen molar-refractivity contribution in [3.8, 4) is 0 Å². The molecule has 0 saturated heterocycles. The number of nitrogens with zero attached hydrogens (tertiary/aromatic N) is 1. The number of furan rings is 1. The zero-order valence-corrected chi connectivity index (χ0v) is 16.5. The van der Waals surface area contributed by atoms with Crippen LogP contribution in [0.3, 0.4) is 0 Å². The number of fused-ring (bicyclic) bond motifs is 2. The van der Waals surface area contributed by atoms with Crippen LogP contribution in [-0.2, 0) is 0 Å². The number of hydrogen-bond acceptors (Lipinski definition) is 5. The number of rotatable bonds is 1. The third-order valence-electron chi connectivity index (χ3n) is 6.85. The molecule has 0 aliphatic heterocycles. The highest BCUT2D eigenvalue weighted by Gasteiger charge is 2.39. The monoisotopic (exact) mass is 419 g/mol. The Kier molecular flexibility index (Phi) is 3.08. The molecule has 2 atom stereocenters. The minimum absolute atomic E-state index is 0.0154. The van der Waals surface area contributed by atoms with Gasteiger partial charge in [-0.3, -0.25) is 9.59 Å². The van der Waals surface area contributed by atoms with Crippen molar-refractivity contribution >= 4 is 27.2 Å². The minimum Gasteiger partial charge on any atom is -0.386 e. The van der Waals surface area contributed by atoms with Crippen LogP contribution < -0.4 is 22.4 Å². The van der Waals surface area contributed by atoms with Gasteiger partial charge in [0.15, 0.2) is 0 Å². The Morgan fingerprint density at radius 2 is 1.25 bits per heavy atom. The van der Waals surface area contributed by atoms with Crippen LogP contribution in [0.1, 0.15) is 0 Å². The number of allylic oxidation sites excluding steroid dienone is 14. The van der Waals surface area contributed by atoms with Crippen LogP contribution in [0.2, 0.25) is 0 Å². The highest BCUT2D eigenvalue weighted by atomic mass is 16.4. The predicted octanol–water partition coefficient (Wildman–Crippen LogP) is 2.65. The maximum Gasteiger partial charge on any atom is 0.346 e. The van der Waals surface area contributed by atoms with Gasteiger partial charge in [-0.15, -0.1) is 0 Å². The van der Waals surface area contributed by atoms with E-state index in [0.29, 0.717) is 5.70 Å². The third kappa shape index (κ3) is 1.99. The molecule has 0 amide bonds. The van der Waals surface area contributed by atoms with E-state index >= 15 is 0 Å². The Morgan fingerprint density at radius 1 is 0.656 bits per heavy atom. The van der Waals surface area contributed by atoms with Crippen molar-refractivity contribution in [2.24, 2.45) is 11.8 Å². The van der Waals surface area contributed by atoms with E-state index in [1.165, 1.54) is 22.3 Å². The van der Waals surface area contributed by atoms with Gasteiger partial charge in [-0.1, -0.05) is 48.6 Å². The van der Waals surface area contributed by atoms with Crippen molar-refractivity contribution < 1.29 is 4.42 Å². The molecule has 0 bridgehead atoms. The molecule has 0 saturated carbocycles. The molecule has 6 nitrogen and oxygen atoms in total. The quantitative estimate of drug-likeness (QED) is 0.605. The first-order chi connectivity index (χ1) is 15.5. The van der Waals surface area contributed by atoms with Crippen molar-refractivity contribution in [1.29, 1.82) is 0 Å². The average Bonchev–Trinajstić information content (AvgIpc) is 3.22. The smallest absolute Gasteiger partial charge is 0.346 e. The second-order valence-electron chi connectivity index (χ2n) is 8.39. The Balaban J connectivity index is 1.58. The van der Waals surface area contributed by atoms with E-state index < -0.39 is 22.4 Å². The lowest BCUT2D eigenvalue weighted by atomic mass is 9.64. The van der Waals surface area contributed by atoms with E-state index in [1.807, 2.05) is 30.4 Å². The largest absolute Gasteiger partial charge is 0.386 e. The third-order valence-corrected chi connectivity index (χ3v) is 6.85. The summed E-state index contributed by atoms with van der Waals surface area (Å²) in [6.45, 7) is 0. The molecule has 0 radical (unpaired) electrons. The maximum absolute atomic E-state index is 13.4. The lowest BCUT2D eigenvalue weighted by Gasteiger charge is -2.40. The van der Waals surface area contributed by atoms with Gasteiger partial charge < -0.3 is 4.42 Å². The first-order valence-corrected chi connectivity index (χ1v) is 10.3. The van der Waals surface area contributed by atoms with Crippen molar-refractivity contribution in [1.82, 2.24) is 4.57 Å². The second kappa shape index (κ2) is 5.68. The summed E-state index contributed by atoms with van der Waals surface area (Å²) >= 11 is 0. The first-order valence-electron chi connectivity index (χ1n) is 10.3. The van der Waals surface area contributed by atoms with Crippen molar-refractivity contribution in [2.75, 3.05) is 0 Å². The molecular weight excluding hydrogens is 406 g/mol. The summed E-state index contributed by atoms with van der Waals surface area (Å²) in [6, 6.07) is 2.60. The van der Waals surface area contributed by atoms with E-state index in [0.717, 1.165) is 16.7 Å². The van der Waals surface area contributed by atoms with Crippen molar-refractivity contribution in [2.45, 2.75) is 0 Å². The molecule has 152 valence electrons. The van der Waals surface area contributed by atoms with Gasteiger partial charge >= 0.3 is 11.3 Å². The minimum atomic E-state index is -0.804. The summed E-state index contributed by atoms with van der Waals surface area (Å²) in [6.07, 6.45) is 18.1. The average molecular weight is 419 g/mol. The highest BCUT2D eigenvalue weighted by molar-refractivity contribution is 5.98. The van der Waals surface area contributed by atoms with Crippen molar-refractivity contribution in [3.05, 3.63) is 131 Å². The second-order valence-corrected chi connectivity index (χ2v) is 8.39. The molecule has 3 aromatic rings. The highest BCUT2D eigenvalue weighted by Crippen LogP contribution is 2.50. The van der Waals surface area contributed by atoms with Crippen molar-refractivity contribution in [3.63, 3.8) is 0 Å². The number of hydrogen-bond donors (Lipinski definition) is 0. The number of aromatic nitrogens is 1. The SMILES string of the molecule is O=c1oc(=O)c2cc3c(=O)n(C4=C5C=CC=C6C=CC7=CC=CC(=C4)C7C65)c(=O)c3cc12. The number of benzene rings is 1. The summed E-state index contributed by atoms with van der Waals surface area (Å²) in [5, 5.41) is 0.240. The molecule has 0 N–H and O–H groups in total. The molecule has 2 aromatic heterocycles. The van der Waals surface area contributed by atoms with E-state index in [4.69, 9.17) is 0 Å². The van der Waals surface area contributed by atoms with Gasteiger partial charge in [0.25, 0.3) is 11.1 Å².